The average molecular weight is 395 g/mol. The summed E-state index contributed by atoms with van der Waals surface area (Å²) < 4.78 is 10.7. The molecule has 1 N–H and O–H groups in total. The molecule has 3 aromatic rings. The SMILES string of the molecule is COc1ccc(C(=O)Nc2nc(C(=O)N3CCOc4ccccc43)cs2)cc1. The van der Waals surface area contributed by atoms with Gasteiger partial charge in [0.05, 0.1) is 19.3 Å². The van der Waals surface area contributed by atoms with Crippen molar-refractivity contribution < 1.29 is 19.1 Å². The quantitative estimate of drug-likeness (QED) is 0.732. The normalized spacial score (nSPS) is 12.7. The standard InChI is InChI=1S/C20H17N3O4S/c1-26-14-8-6-13(7-9-14)18(24)22-20-21-15(12-28-20)19(25)23-10-11-27-17-5-3-2-4-16(17)23/h2-9,12H,10-11H2,1H3,(H,21,22,24). The van der Waals surface area contributed by atoms with Crippen LogP contribution in [0.4, 0.5) is 10.8 Å². The molecule has 0 fully saturated rings. The first-order valence-corrected chi connectivity index (χ1v) is 9.48. The van der Waals surface area contributed by atoms with Crippen molar-refractivity contribution in [1.82, 2.24) is 4.98 Å². The first kappa shape index (κ1) is 18.0. The molecule has 142 valence electrons. The monoisotopic (exact) mass is 395 g/mol. The maximum absolute atomic E-state index is 12.9. The summed E-state index contributed by atoms with van der Waals surface area (Å²) in [5, 5.41) is 4.73. The zero-order valence-electron chi connectivity index (χ0n) is 15.0. The molecule has 0 unspecified atom stereocenters. The smallest absolute Gasteiger partial charge is 0.278 e. The van der Waals surface area contributed by atoms with Gasteiger partial charge >= 0.3 is 0 Å². The van der Waals surface area contributed by atoms with Crippen LogP contribution < -0.4 is 19.7 Å². The number of hydrogen-bond donors (Lipinski definition) is 1. The van der Waals surface area contributed by atoms with E-state index in [-0.39, 0.29) is 17.5 Å². The summed E-state index contributed by atoms with van der Waals surface area (Å²) in [6.07, 6.45) is 0. The summed E-state index contributed by atoms with van der Waals surface area (Å²) in [5.41, 5.74) is 1.48. The van der Waals surface area contributed by atoms with Crippen LogP contribution >= 0.6 is 11.3 Å². The van der Waals surface area contributed by atoms with Gasteiger partial charge in [0.15, 0.2) is 5.13 Å². The number of fused-ring (bicyclic) bond motifs is 1. The Morgan fingerprint density at radius 1 is 1.18 bits per heavy atom. The van der Waals surface area contributed by atoms with Gasteiger partial charge in [-0.3, -0.25) is 14.9 Å². The number of aromatic nitrogens is 1. The Morgan fingerprint density at radius 2 is 1.96 bits per heavy atom. The van der Waals surface area contributed by atoms with Gasteiger partial charge < -0.3 is 14.4 Å². The van der Waals surface area contributed by atoms with Crippen LogP contribution in [0.5, 0.6) is 11.5 Å². The van der Waals surface area contributed by atoms with Crippen LogP contribution in [-0.4, -0.2) is 37.1 Å². The van der Waals surface area contributed by atoms with E-state index in [9.17, 15) is 9.59 Å². The summed E-state index contributed by atoms with van der Waals surface area (Å²) in [5.74, 6) is 0.819. The van der Waals surface area contributed by atoms with E-state index in [0.29, 0.717) is 35.3 Å². The third-order valence-corrected chi connectivity index (χ3v) is 5.03. The highest BCUT2D eigenvalue weighted by molar-refractivity contribution is 7.14. The minimum absolute atomic E-state index is 0.225. The molecule has 7 nitrogen and oxygen atoms in total. The van der Waals surface area contributed by atoms with Gasteiger partial charge in [0.2, 0.25) is 0 Å². The molecular formula is C20H17N3O4S. The first-order valence-electron chi connectivity index (χ1n) is 8.60. The second kappa shape index (κ2) is 7.69. The highest BCUT2D eigenvalue weighted by atomic mass is 32.1. The first-order chi connectivity index (χ1) is 13.7. The summed E-state index contributed by atoms with van der Waals surface area (Å²) in [7, 11) is 1.57. The van der Waals surface area contributed by atoms with Crippen LogP contribution in [0.2, 0.25) is 0 Å². The number of rotatable bonds is 4. The molecule has 28 heavy (non-hydrogen) atoms. The fraction of sp³-hybridized carbons (Fsp3) is 0.150. The summed E-state index contributed by atoms with van der Waals surface area (Å²) in [6.45, 7) is 0.870. The molecule has 2 amide bonds. The third kappa shape index (κ3) is 3.54. The van der Waals surface area contributed by atoms with Gasteiger partial charge in [0, 0.05) is 10.9 Å². The van der Waals surface area contributed by atoms with Gasteiger partial charge in [-0.05, 0) is 36.4 Å². The van der Waals surface area contributed by atoms with Gasteiger partial charge in [-0.1, -0.05) is 12.1 Å². The Morgan fingerprint density at radius 3 is 2.75 bits per heavy atom. The van der Waals surface area contributed by atoms with Crippen molar-refractivity contribution in [3.8, 4) is 11.5 Å². The number of carbonyl (C=O) groups is 2. The number of ether oxygens (including phenoxy) is 2. The van der Waals surface area contributed by atoms with Gasteiger partial charge in [-0.15, -0.1) is 11.3 Å². The van der Waals surface area contributed by atoms with Gasteiger partial charge in [-0.2, -0.15) is 0 Å². The van der Waals surface area contributed by atoms with Crippen LogP contribution in [0.1, 0.15) is 20.8 Å². The highest BCUT2D eigenvalue weighted by Crippen LogP contribution is 2.32. The highest BCUT2D eigenvalue weighted by Gasteiger charge is 2.26. The molecule has 0 saturated carbocycles. The topological polar surface area (TPSA) is 80.8 Å². The third-order valence-electron chi connectivity index (χ3n) is 4.27. The lowest BCUT2D eigenvalue weighted by Gasteiger charge is -2.28. The Labute approximate surface area is 165 Å². The molecule has 0 atom stereocenters. The van der Waals surface area contributed by atoms with Crippen molar-refractivity contribution in [2.45, 2.75) is 0 Å². The van der Waals surface area contributed by atoms with E-state index in [0.717, 1.165) is 5.69 Å². The lowest BCUT2D eigenvalue weighted by molar-refractivity contribution is 0.0970. The number of methoxy groups -OCH3 is 1. The Hall–Kier alpha value is -3.39. The van der Waals surface area contributed by atoms with Gasteiger partial charge in [0.1, 0.15) is 23.8 Å². The minimum atomic E-state index is -0.298. The number of nitrogens with one attached hydrogen (secondary N) is 1. The zero-order chi connectivity index (χ0) is 19.5. The number of carbonyl (C=O) groups excluding carboxylic acids is 2. The molecule has 1 aliphatic rings. The fourth-order valence-corrected chi connectivity index (χ4v) is 3.54. The molecule has 8 heteroatoms. The van der Waals surface area contributed by atoms with Crippen LogP contribution in [0.3, 0.4) is 0 Å². The van der Waals surface area contributed by atoms with Crippen LogP contribution in [0, 0.1) is 0 Å². The van der Waals surface area contributed by atoms with Crippen molar-refractivity contribution in [2.75, 3.05) is 30.5 Å². The molecule has 0 spiro atoms. The van der Waals surface area contributed by atoms with Gasteiger partial charge in [-0.25, -0.2) is 4.98 Å². The number of amides is 2. The largest absolute Gasteiger partial charge is 0.497 e. The van der Waals surface area contributed by atoms with Crippen LogP contribution in [0.25, 0.3) is 0 Å². The van der Waals surface area contributed by atoms with E-state index >= 15 is 0 Å². The van der Waals surface area contributed by atoms with E-state index in [1.54, 1.807) is 41.7 Å². The molecule has 0 aliphatic carbocycles. The lowest BCUT2D eigenvalue weighted by atomic mass is 10.2. The van der Waals surface area contributed by atoms with E-state index in [4.69, 9.17) is 9.47 Å². The fourth-order valence-electron chi connectivity index (χ4n) is 2.86. The number of anilines is 2. The van der Waals surface area contributed by atoms with Gasteiger partial charge in [0.25, 0.3) is 11.8 Å². The molecular weight excluding hydrogens is 378 g/mol. The van der Waals surface area contributed by atoms with Crippen molar-refractivity contribution in [2.24, 2.45) is 0 Å². The molecule has 1 aliphatic heterocycles. The lowest BCUT2D eigenvalue weighted by Crippen LogP contribution is -2.38. The van der Waals surface area contributed by atoms with E-state index in [2.05, 4.69) is 10.3 Å². The van der Waals surface area contributed by atoms with Crippen LogP contribution in [0.15, 0.2) is 53.9 Å². The van der Waals surface area contributed by atoms with Crippen LogP contribution in [-0.2, 0) is 0 Å². The number of para-hydroxylation sites is 2. The molecule has 2 aromatic carbocycles. The molecule has 1 aromatic heterocycles. The van der Waals surface area contributed by atoms with E-state index < -0.39 is 0 Å². The molecule has 0 saturated heterocycles. The zero-order valence-corrected chi connectivity index (χ0v) is 15.9. The number of hydrogen-bond acceptors (Lipinski definition) is 6. The second-order valence-electron chi connectivity index (χ2n) is 5.99. The predicted octanol–water partition coefficient (Wildman–Crippen LogP) is 3.44. The summed E-state index contributed by atoms with van der Waals surface area (Å²) in [6, 6.07) is 14.1. The Bertz CT molecular complexity index is 1020. The van der Waals surface area contributed by atoms with Crippen molar-refractivity contribution in [3.05, 3.63) is 65.2 Å². The average Bonchev–Trinajstić information content (AvgIpc) is 3.21. The van der Waals surface area contributed by atoms with Crippen molar-refractivity contribution in [1.29, 1.82) is 0 Å². The molecule has 4 rings (SSSR count). The van der Waals surface area contributed by atoms with Crippen molar-refractivity contribution >= 4 is 34.0 Å². The van der Waals surface area contributed by atoms with Crippen molar-refractivity contribution in [3.63, 3.8) is 0 Å². The maximum atomic E-state index is 12.9. The minimum Gasteiger partial charge on any atom is -0.497 e. The predicted molar refractivity (Wildman–Crippen MR) is 107 cm³/mol. The number of thiazole rings is 1. The molecule has 2 heterocycles. The number of nitrogens with zero attached hydrogens (tertiary/aromatic N) is 2. The Balaban J connectivity index is 1.48. The Kier molecular flexibility index (Phi) is 4.94. The van der Waals surface area contributed by atoms with E-state index in [1.165, 1.54) is 11.3 Å². The van der Waals surface area contributed by atoms with E-state index in [1.807, 2.05) is 24.3 Å². The number of benzene rings is 2. The summed E-state index contributed by atoms with van der Waals surface area (Å²) >= 11 is 1.21. The molecule has 0 radical (unpaired) electrons. The maximum Gasteiger partial charge on any atom is 0.278 e. The summed E-state index contributed by atoms with van der Waals surface area (Å²) in [4.78, 5) is 31.2. The second-order valence-corrected chi connectivity index (χ2v) is 6.85. The molecule has 0 bridgehead atoms.